The molecule has 102 valence electrons. The Balaban J connectivity index is 1.79. The van der Waals surface area contributed by atoms with Crippen LogP contribution in [0.5, 0.6) is 17.2 Å². The van der Waals surface area contributed by atoms with Crippen LogP contribution in [0, 0.1) is 0 Å². The topological polar surface area (TPSA) is 40.6 Å². The minimum Gasteiger partial charge on any atom is -0.463 e. The van der Waals surface area contributed by atoms with Gasteiger partial charge in [-0.1, -0.05) is 18.2 Å². The van der Waals surface area contributed by atoms with Crippen LogP contribution >= 0.6 is 0 Å². The van der Waals surface area contributed by atoms with Gasteiger partial charge < -0.3 is 14.2 Å². The molecule has 21 heavy (non-hydrogen) atoms. The maximum Gasteiger partial charge on any atom is 0.231 e. The summed E-state index contributed by atoms with van der Waals surface area (Å²) >= 11 is 0. The lowest BCUT2D eigenvalue weighted by Crippen LogP contribution is -2.04. The highest BCUT2D eigenvalue weighted by atomic mass is 16.7. The van der Waals surface area contributed by atoms with E-state index in [0.717, 1.165) is 45.7 Å². The molecule has 3 heterocycles. The molecular weight excluding hydrogens is 266 g/mol. The Bertz CT molecular complexity index is 877. The van der Waals surface area contributed by atoms with Gasteiger partial charge in [-0.15, -0.1) is 0 Å². The summed E-state index contributed by atoms with van der Waals surface area (Å²) < 4.78 is 16.7. The van der Waals surface area contributed by atoms with E-state index < -0.39 is 0 Å². The molecule has 0 spiro atoms. The van der Waals surface area contributed by atoms with E-state index in [9.17, 15) is 0 Å². The molecular formula is C17H11NO3. The third-order valence-electron chi connectivity index (χ3n) is 3.97. The Morgan fingerprint density at radius 2 is 2.00 bits per heavy atom. The lowest BCUT2D eigenvalue weighted by atomic mass is 9.92. The molecule has 0 bridgehead atoms. The molecule has 1 aromatic carbocycles. The van der Waals surface area contributed by atoms with E-state index in [-0.39, 0.29) is 6.79 Å². The molecule has 4 nitrogen and oxygen atoms in total. The van der Waals surface area contributed by atoms with Gasteiger partial charge in [0, 0.05) is 28.8 Å². The first-order valence-electron chi connectivity index (χ1n) is 6.87. The third kappa shape index (κ3) is 1.47. The Hall–Kier alpha value is -2.75. The summed E-state index contributed by atoms with van der Waals surface area (Å²) in [6.07, 6.45) is 11.0. The number of pyridine rings is 1. The first kappa shape index (κ1) is 11.0. The maximum atomic E-state index is 5.88. The second-order valence-electron chi connectivity index (χ2n) is 5.17. The molecule has 5 rings (SSSR count). The molecule has 0 fully saturated rings. The normalized spacial score (nSPS) is 17.7. The van der Waals surface area contributed by atoms with Crippen LogP contribution in [0.2, 0.25) is 0 Å². The minimum atomic E-state index is 0.259. The molecule has 0 unspecified atom stereocenters. The zero-order valence-corrected chi connectivity index (χ0v) is 11.1. The van der Waals surface area contributed by atoms with E-state index in [1.165, 1.54) is 5.57 Å². The molecule has 3 aliphatic rings. The quantitative estimate of drug-likeness (QED) is 0.738. The summed E-state index contributed by atoms with van der Waals surface area (Å²) in [6, 6.07) is 3.84. The van der Waals surface area contributed by atoms with Gasteiger partial charge in [-0.2, -0.15) is 0 Å². The van der Waals surface area contributed by atoms with E-state index in [4.69, 9.17) is 14.2 Å². The second-order valence-corrected chi connectivity index (χ2v) is 5.17. The van der Waals surface area contributed by atoms with Crippen LogP contribution in [0.4, 0.5) is 0 Å². The van der Waals surface area contributed by atoms with Crippen molar-refractivity contribution < 1.29 is 14.2 Å². The summed E-state index contributed by atoms with van der Waals surface area (Å²) in [5.74, 6) is 2.32. The van der Waals surface area contributed by atoms with E-state index in [1.54, 1.807) is 6.26 Å². The van der Waals surface area contributed by atoms with Crippen molar-refractivity contribution in [3.8, 4) is 17.2 Å². The molecule has 0 saturated carbocycles. The first-order chi connectivity index (χ1) is 10.4. The molecule has 0 atom stereocenters. The predicted octanol–water partition coefficient (Wildman–Crippen LogP) is 3.58. The smallest absolute Gasteiger partial charge is 0.231 e. The fraction of sp³-hybridized carbons (Fsp3) is 0.118. The van der Waals surface area contributed by atoms with Gasteiger partial charge in [-0.25, -0.2) is 0 Å². The van der Waals surface area contributed by atoms with Gasteiger partial charge in [-0.3, -0.25) is 4.98 Å². The number of hydrogen-bond acceptors (Lipinski definition) is 4. The molecule has 2 aliphatic heterocycles. The lowest BCUT2D eigenvalue weighted by Gasteiger charge is -2.21. The molecule has 2 aromatic rings. The van der Waals surface area contributed by atoms with Crippen molar-refractivity contribution in [1.29, 1.82) is 0 Å². The van der Waals surface area contributed by atoms with Gasteiger partial charge >= 0.3 is 0 Å². The highest BCUT2D eigenvalue weighted by Crippen LogP contribution is 2.44. The van der Waals surface area contributed by atoms with E-state index in [0.29, 0.717) is 0 Å². The van der Waals surface area contributed by atoms with Gasteiger partial charge in [0.1, 0.15) is 5.75 Å². The summed E-state index contributed by atoms with van der Waals surface area (Å²) in [5, 5.41) is 0.947. The zero-order valence-electron chi connectivity index (χ0n) is 11.1. The summed E-state index contributed by atoms with van der Waals surface area (Å²) in [5.41, 5.74) is 4.16. The Labute approximate surface area is 121 Å². The first-order valence-corrected chi connectivity index (χ1v) is 6.87. The number of allylic oxidation sites excluding steroid dienone is 5. The van der Waals surface area contributed by atoms with Crippen LogP contribution in [-0.4, -0.2) is 11.8 Å². The summed E-state index contributed by atoms with van der Waals surface area (Å²) in [6.45, 7) is 0.259. The number of fused-ring (bicyclic) bond motifs is 6. The number of benzene rings is 1. The molecule has 1 aromatic heterocycles. The number of rotatable bonds is 0. The van der Waals surface area contributed by atoms with Crippen molar-refractivity contribution in [3.05, 3.63) is 54.0 Å². The Morgan fingerprint density at radius 3 is 2.95 bits per heavy atom. The standard InChI is InChI=1S/C17H11NO3/c1-2-4-11-10(3-1)8-19-17-12-5-15-16(21-9-20-15)6-14(12)18-7-13(11)17/h1,3-8H,2,9H2. The van der Waals surface area contributed by atoms with Crippen LogP contribution in [0.1, 0.15) is 12.0 Å². The lowest BCUT2D eigenvalue weighted by molar-refractivity contribution is 0.174. The van der Waals surface area contributed by atoms with Crippen LogP contribution in [0.15, 0.2) is 48.4 Å². The summed E-state index contributed by atoms with van der Waals surface area (Å²) in [7, 11) is 0. The maximum absolute atomic E-state index is 5.88. The predicted molar refractivity (Wildman–Crippen MR) is 78.3 cm³/mol. The minimum absolute atomic E-state index is 0.259. The highest BCUT2D eigenvalue weighted by molar-refractivity contribution is 5.97. The van der Waals surface area contributed by atoms with Gasteiger partial charge in [0.25, 0.3) is 0 Å². The molecule has 1 aliphatic carbocycles. The van der Waals surface area contributed by atoms with Gasteiger partial charge in [-0.05, 0) is 18.1 Å². The Kier molecular flexibility index (Phi) is 2.03. The number of hydrogen-bond donors (Lipinski definition) is 0. The fourth-order valence-electron chi connectivity index (χ4n) is 2.96. The molecule has 0 N–H and O–H groups in total. The largest absolute Gasteiger partial charge is 0.463 e. The number of aromatic nitrogens is 1. The zero-order chi connectivity index (χ0) is 13.8. The van der Waals surface area contributed by atoms with Crippen molar-refractivity contribution in [3.63, 3.8) is 0 Å². The molecule has 0 saturated heterocycles. The average Bonchev–Trinajstić information content (AvgIpc) is 2.99. The van der Waals surface area contributed by atoms with Crippen LogP contribution in [0.3, 0.4) is 0 Å². The molecule has 4 heteroatoms. The highest BCUT2D eigenvalue weighted by Gasteiger charge is 2.23. The fourth-order valence-corrected chi connectivity index (χ4v) is 2.96. The van der Waals surface area contributed by atoms with Gasteiger partial charge in [0.05, 0.1) is 11.8 Å². The monoisotopic (exact) mass is 277 g/mol. The SMILES string of the molecule is C1=CC2=COc3c(cnc4cc5c(cc34)OCO5)C2=CC1. The van der Waals surface area contributed by atoms with E-state index in [1.807, 2.05) is 18.3 Å². The van der Waals surface area contributed by atoms with E-state index >= 15 is 0 Å². The van der Waals surface area contributed by atoms with Crippen molar-refractivity contribution in [2.75, 3.05) is 6.79 Å². The number of nitrogens with zero attached hydrogens (tertiary/aromatic N) is 1. The van der Waals surface area contributed by atoms with Crippen molar-refractivity contribution in [2.24, 2.45) is 0 Å². The van der Waals surface area contributed by atoms with Crippen LogP contribution in [-0.2, 0) is 0 Å². The molecule has 0 radical (unpaired) electrons. The van der Waals surface area contributed by atoms with Crippen LogP contribution < -0.4 is 14.2 Å². The number of ether oxygens (including phenoxy) is 3. The summed E-state index contributed by atoms with van der Waals surface area (Å²) in [4.78, 5) is 4.56. The molecule has 0 amide bonds. The average molecular weight is 277 g/mol. The third-order valence-corrected chi connectivity index (χ3v) is 3.97. The van der Waals surface area contributed by atoms with Crippen molar-refractivity contribution >= 4 is 16.5 Å². The van der Waals surface area contributed by atoms with Crippen molar-refractivity contribution in [1.82, 2.24) is 4.98 Å². The Morgan fingerprint density at radius 1 is 1.10 bits per heavy atom. The van der Waals surface area contributed by atoms with Crippen LogP contribution in [0.25, 0.3) is 16.5 Å². The van der Waals surface area contributed by atoms with Crippen molar-refractivity contribution in [2.45, 2.75) is 6.42 Å². The van der Waals surface area contributed by atoms with Gasteiger partial charge in [0.15, 0.2) is 11.5 Å². The van der Waals surface area contributed by atoms with E-state index in [2.05, 4.69) is 23.2 Å². The second kappa shape index (κ2) is 3.88. The van der Waals surface area contributed by atoms with Gasteiger partial charge in [0.2, 0.25) is 6.79 Å².